The van der Waals surface area contributed by atoms with Gasteiger partial charge in [-0.1, -0.05) is 0 Å². The first-order valence-corrected chi connectivity index (χ1v) is 5.52. The van der Waals surface area contributed by atoms with Gasteiger partial charge < -0.3 is 19.8 Å². The van der Waals surface area contributed by atoms with Crippen molar-refractivity contribution in [3.05, 3.63) is 24.2 Å². The van der Waals surface area contributed by atoms with Crippen molar-refractivity contribution in [2.75, 3.05) is 20.2 Å². The van der Waals surface area contributed by atoms with Gasteiger partial charge in [0.2, 0.25) is 0 Å². The molecule has 1 unspecified atom stereocenters. The van der Waals surface area contributed by atoms with E-state index >= 15 is 0 Å². The number of furan rings is 1. The Hall–Kier alpha value is -2.03. The van der Waals surface area contributed by atoms with Crippen molar-refractivity contribution in [1.82, 2.24) is 10.6 Å². The summed E-state index contributed by atoms with van der Waals surface area (Å²) < 4.78 is 45.6. The van der Waals surface area contributed by atoms with Gasteiger partial charge in [-0.3, -0.25) is 9.59 Å². The third-order valence-electron chi connectivity index (χ3n) is 2.25. The van der Waals surface area contributed by atoms with E-state index in [2.05, 4.69) is 5.32 Å². The molecule has 0 bridgehead atoms. The number of rotatable bonds is 5. The number of carbonyl (C=O) groups excluding carboxylic acids is 2. The fraction of sp³-hybridized carbons (Fsp3) is 0.455. The second-order valence-corrected chi connectivity index (χ2v) is 3.75. The molecule has 1 aromatic heterocycles. The number of alkyl halides is 3. The van der Waals surface area contributed by atoms with Gasteiger partial charge in [-0.15, -0.1) is 0 Å². The number of methoxy groups -OCH3 is 1. The number of hydrogen-bond donors (Lipinski definition) is 2. The summed E-state index contributed by atoms with van der Waals surface area (Å²) in [4.78, 5) is 22.4. The molecule has 2 amide bonds. The minimum absolute atomic E-state index is 0.109. The molecule has 0 aliphatic rings. The van der Waals surface area contributed by atoms with Gasteiger partial charge in [0.05, 0.1) is 12.8 Å². The lowest BCUT2D eigenvalue weighted by atomic mass is 10.2. The summed E-state index contributed by atoms with van der Waals surface area (Å²) in [7, 11) is 1.36. The predicted molar refractivity (Wildman–Crippen MR) is 60.5 cm³/mol. The number of amides is 2. The first-order chi connectivity index (χ1) is 9.33. The Kier molecular flexibility index (Phi) is 5.56. The fourth-order valence-electron chi connectivity index (χ4n) is 1.30. The zero-order valence-electron chi connectivity index (χ0n) is 10.5. The van der Waals surface area contributed by atoms with Gasteiger partial charge in [0.1, 0.15) is 18.4 Å². The van der Waals surface area contributed by atoms with E-state index in [1.807, 2.05) is 0 Å². The summed E-state index contributed by atoms with van der Waals surface area (Å²) >= 11 is 0. The first-order valence-electron chi connectivity index (χ1n) is 5.52. The van der Waals surface area contributed by atoms with Crippen LogP contribution in [0.2, 0.25) is 0 Å². The van der Waals surface area contributed by atoms with Gasteiger partial charge in [0.15, 0.2) is 0 Å². The molecular formula is C11H13F3N2O4. The van der Waals surface area contributed by atoms with E-state index in [4.69, 9.17) is 9.15 Å². The maximum absolute atomic E-state index is 11.9. The van der Waals surface area contributed by atoms with Crippen LogP contribution in [0.4, 0.5) is 13.2 Å². The highest BCUT2D eigenvalue weighted by Crippen LogP contribution is 2.15. The standard InChI is InChI=1S/C11H13F3N2O4/c1-19-8(7-3-2-4-20-7)5-15-9(17)10(18)16-6-11(12,13)14/h2-4,8H,5-6H2,1H3,(H,15,17)(H,16,18). The average molecular weight is 294 g/mol. The normalized spacial score (nSPS) is 12.8. The molecule has 20 heavy (non-hydrogen) atoms. The summed E-state index contributed by atoms with van der Waals surface area (Å²) in [6, 6.07) is 3.21. The molecule has 6 nitrogen and oxygen atoms in total. The summed E-state index contributed by atoms with van der Waals surface area (Å²) in [5.74, 6) is -2.12. The summed E-state index contributed by atoms with van der Waals surface area (Å²) in [6.45, 7) is -1.67. The van der Waals surface area contributed by atoms with Crippen LogP contribution in [0.15, 0.2) is 22.8 Å². The molecule has 0 aromatic carbocycles. The maximum atomic E-state index is 11.9. The van der Waals surface area contributed by atoms with Crippen molar-refractivity contribution in [3.63, 3.8) is 0 Å². The smallest absolute Gasteiger partial charge is 0.405 e. The van der Waals surface area contributed by atoms with Gasteiger partial charge in [-0.25, -0.2) is 0 Å². The van der Waals surface area contributed by atoms with Gasteiger partial charge in [0, 0.05) is 7.11 Å². The Labute approximate surface area is 112 Å². The van der Waals surface area contributed by atoms with Crippen LogP contribution in [0, 0.1) is 0 Å². The van der Waals surface area contributed by atoms with Gasteiger partial charge >= 0.3 is 18.0 Å². The number of nitrogens with one attached hydrogen (secondary N) is 2. The average Bonchev–Trinajstić information content (AvgIpc) is 2.89. The van der Waals surface area contributed by atoms with Crippen LogP contribution in [0.3, 0.4) is 0 Å². The summed E-state index contributed by atoms with van der Waals surface area (Å²) in [5, 5.41) is 3.61. The zero-order chi connectivity index (χ0) is 15.2. The summed E-state index contributed by atoms with van der Waals surface area (Å²) in [6.07, 6.45) is -3.80. The van der Waals surface area contributed by atoms with Gasteiger partial charge in [0.25, 0.3) is 0 Å². The first kappa shape index (κ1) is 16.0. The van der Waals surface area contributed by atoms with Crippen LogP contribution < -0.4 is 10.6 Å². The number of hydrogen-bond acceptors (Lipinski definition) is 4. The highest BCUT2D eigenvalue weighted by atomic mass is 19.4. The van der Waals surface area contributed by atoms with E-state index < -0.39 is 30.6 Å². The molecule has 1 atom stereocenters. The zero-order valence-corrected chi connectivity index (χ0v) is 10.5. The molecule has 1 aromatic rings. The fourth-order valence-corrected chi connectivity index (χ4v) is 1.30. The van der Waals surface area contributed by atoms with Crippen molar-refractivity contribution >= 4 is 11.8 Å². The number of carbonyl (C=O) groups is 2. The second kappa shape index (κ2) is 6.94. The third kappa shape index (κ3) is 5.31. The van der Waals surface area contributed by atoms with Crippen molar-refractivity contribution in [1.29, 1.82) is 0 Å². The van der Waals surface area contributed by atoms with Crippen molar-refractivity contribution in [3.8, 4) is 0 Å². The van der Waals surface area contributed by atoms with Crippen LogP contribution >= 0.6 is 0 Å². The third-order valence-corrected chi connectivity index (χ3v) is 2.25. The minimum atomic E-state index is -4.57. The highest BCUT2D eigenvalue weighted by Gasteiger charge is 2.29. The molecule has 0 saturated carbocycles. The molecule has 9 heteroatoms. The van der Waals surface area contributed by atoms with Crippen LogP contribution in [-0.2, 0) is 14.3 Å². The molecule has 2 N–H and O–H groups in total. The van der Waals surface area contributed by atoms with Crippen LogP contribution in [0.5, 0.6) is 0 Å². The molecule has 0 radical (unpaired) electrons. The van der Waals surface area contributed by atoms with Gasteiger partial charge in [-0.05, 0) is 12.1 Å². The highest BCUT2D eigenvalue weighted by molar-refractivity contribution is 6.35. The molecule has 0 aliphatic heterocycles. The quantitative estimate of drug-likeness (QED) is 0.786. The number of halogens is 3. The van der Waals surface area contributed by atoms with E-state index in [0.717, 1.165) is 0 Å². The van der Waals surface area contributed by atoms with Crippen molar-refractivity contribution in [2.24, 2.45) is 0 Å². The molecule has 112 valence electrons. The molecule has 0 saturated heterocycles. The molecule has 1 rings (SSSR count). The molecule has 0 spiro atoms. The van der Waals surface area contributed by atoms with Crippen LogP contribution in [0.25, 0.3) is 0 Å². The minimum Gasteiger partial charge on any atom is -0.467 e. The molecular weight excluding hydrogens is 281 g/mol. The number of ether oxygens (including phenoxy) is 1. The largest absolute Gasteiger partial charge is 0.467 e. The Balaban J connectivity index is 2.40. The monoisotopic (exact) mass is 294 g/mol. The van der Waals surface area contributed by atoms with E-state index in [9.17, 15) is 22.8 Å². The molecule has 0 fully saturated rings. The SMILES string of the molecule is COC(CNC(=O)C(=O)NCC(F)(F)F)c1ccco1. The molecule has 0 aliphatic carbocycles. The lowest BCUT2D eigenvalue weighted by molar-refractivity contribution is -0.146. The van der Waals surface area contributed by atoms with Crippen LogP contribution in [-0.4, -0.2) is 38.2 Å². The van der Waals surface area contributed by atoms with Crippen LogP contribution in [0.1, 0.15) is 11.9 Å². The van der Waals surface area contributed by atoms with E-state index in [1.54, 1.807) is 12.1 Å². The van der Waals surface area contributed by atoms with Crippen molar-refractivity contribution < 1.29 is 31.9 Å². The Bertz CT molecular complexity index is 445. The van der Waals surface area contributed by atoms with E-state index in [1.165, 1.54) is 18.7 Å². The van der Waals surface area contributed by atoms with E-state index in [0.29, 0.717) is 5.76 Å². The van der Waals surface area contributed by atoms with Gasteiger partial charge in [-0.2, -0.15) is 13.2 Å². The van der Waals surface area contributed by atoms with Crippen molar-refractivity contribution in [2.45, 2.75) is 12.3 Å². The maximum Gasteiger partial charge on any atom is 0.405 e. The summed E-state index contributed by atoms with van der Waals surface area (Å²) in [5.41, 5.74) is 0. The lowest BCUT2D eigenvalue weighted by Gasteiger charge is -2.13. The van der Waals surface area contributed by atoms with E-state index in [-0.39, 0.29) is 6.54 Å². The molecule has 1 heterocycles. The Morgan fingerprint density at radius 1 is 1.35 bits per heavy atom. The topological polar surface area (TPSA) is 80.6 Å². The second-order valence-electron chi connectivity index (χ2n) is 3.75. The Morgan fingerprint density at radius 3 is 2.50 bits per heavy atom. The Morgan fingerprint density at radius 2 is 2.00 bits per heavy atom. The lowest BCUT2D eigenvalue weighted by Crippen LogP contribution is -2.44. The predicted octanol–water partition coefficient (Wildman–Crippen LogP) is 0.762.